The standard InChI is InChI=1S/C23H15Cl2NO3/c24-20-11-16(10-19(13-26)17-4-2-1-3-5-17)12-21(25)22(20)29-14-15-6-8-18(9-7-15)23(27)28/h1-12H,14H2,(H,27,28)/b19-10+. The summed E-state index contributed by atoms with van der Waals surface area (Å²) in [5, 5.41) is 19.0. The lowest BCUT2D eigenvalue weighted by Gasteiger charge is -2.11. The van der Waals surface area contributed by atoms with Gasteiger partial charge in [0.2, 0.25) is 0 Å². The van der Waals surface area contributed by atoms with E-state index in [-0.39, 0.29) is 12.2 Å². The molecule has 0 aliphatic rings. The number of nitrogens with zero attached hydrogens (tertiary/aromatic N) is 1. The van der Waals surface area contributed by atoms with Gasteiger partial charge >= 0.3 is 5.97 Å². The number of benzene rings is 3. The van der Waals surface area contributed by atoms with Gasteiger partial charge in [0, 0.05) is 0 Å². The van der Waals surface area contributed by atoms with E-state index in [1.807, 2.05) is 30.3 Å². The van der Waals surface area contributed by atoms with Crippen LogP contribution in [0.3, 0.4) is 0 Å². The van der Waals surface area contributed by atoms with Crippen LogP contribution in [0.15, 0.2) is 66.7 Å². The van der Waals surface area contributed by atoms with Crippen LogP contribution in [0.25, 0.3) is 11.6 Å². The lowest BCUT2D eigenvalue weighted by Crippen LogP contribution is -1.99. The van der Waals surface area contributed by atoms with Gasteiger partial charge in [0.1, 0.15) is 6.61 Å². The molecule has 0 heterocycles. The molecule has 6 heteroatoms. The first-order valence-corrected chi connectivity index (χ1v) is 9.35. The molecule has 29 heavy (non-hydrogen) atoms. The van der Waals surface area contributed by atoms with Crippen molar-refractivity contribution in [2.45, 2.75) is 6.61 Å². The molecule has 0 unspecified atom stereocenters. The first-order chi connectivity index (χ1) is 14.0. The van der Waals surface area contributed by atoms with E-state index in [1.54, 1.807) is 30.3 Å². The van der Waals surface area contributed by atoms with Gasteiger partial charge in [-0.1, -0.05) is 65.7 Å². The number of hydrogen-bond donors (Lipinski definition) is 1. The second-order valence-electron chi connectivity index (χ2n) is 6.14. The molecule has 0 bridgehead atoms. The molecule has 0 atom stereocenters. The topological polar surface area (TPSA) is 70.3 Å². The molecule has 4 nitrogen and oxygen atoms in total. The van der Waals surface area contributed by atoms with E-state index in [9.17, 15) is 10.1 Å². The molecule has 0 fully saturated rings. The maximum absolute atomic E-state index is 10.9. The summed E-state index contributed by atoms with van der Waals surface area (Å²) in [6.45, 7) is 0.183. The number of nitriles is 1. The van der Waals surface area contributed by atoms with E-state index in [0.29, 0.717) is 26.9 Å². The molecule has 0 aliphatic carbocycles. The predicted molar refractivity (Wildman–Crippen MR) is 114 cm³/mol. The van der Waals surface area contributed by atoms with Crippen LogP contribution in [-0.2, 0) is 6.61 Å². The van der Waals surface area contributed by atoms with Crippen molar-refractivity contribution in [3.05, 3.63) is 99.0 Å². The highest BCUT2D eigenvalue weighted by atomic mass is 35.5. The molecule has 0 aromatic heterocycles. The quantitative estimate of drug-likeness (QED) is 0.371. The Hall–Kier alpha value is -3.26. The second kappa shape index (κ2) is 9.29. The number of carbonyl (C=O) groups is 1. The number of carboxylic acids is 1. The molecule has 0 saturated heterocycles. The zero-order valence-corrected chi connectivity index (χ0v) is 16.6. The van der Waals surface area contributed by atoms with Crippen molar-refractivity contribution in [1.82, 2.24) is 0 Å². The fourth-order valence-electron chi connectivity index (χ4n) is 2.66. The Labute approximate surface area is 178 Å². The molecule has 0 radical (unpaired) electrons. The predicted octanol–water partition coefficient (Wildman–Crippen LogP) is 6.33. The molecule has 3 rings (SSSR count). The van der Waals surface area contributed by atoms with E-state index >= 15 is 0 Å². The van der Waals surface area contributed by atoms with Crippen LogP contribution in [0.2, 0.25) is 10.0 Å². The summed E-state index contributed by atoms with van der Waals surface area (Å²) in [6, 6.07) is 21.2. The van der Waals surface area contributed by atoms with Gasteiger partial charge in [0.05, 0.1) is 27.3 Å². The number of allylic oxidation sites excluding steroid dienone is 1. The van der Waals surface area contributed by atoms with Gasteiger partial charge in [-0.3, -0.25) is 0 Å². The van der Waals surface area contributed by atoms with Crippen LogP contribution in [0, 0.1) is 11.3 Å². The third kappa shape index (κ3) is 5.17. The monoisotopic (exact) mass is 423 g/mol. The Morgan fingerprint density at radius 2 is 1.62 bits per heavy atom. The van der Waals surface area contributed by atoms with E-state index in [0.717, 1.165) is 11.1 Å². The minimum absolute atomic E-state index is 0.183. The number of halogens is 2. The second-order valence-corrected chi connectivity index (χ2v) is 6.95. The summed E-state index contributed by atoms with van der Waals surface area (Å²) < 4.78 is 5.73. The van der Waals surface area contributed by atoms with Crippen LogP contribution in [0.5, 0.6) is 5.75 Å². The summed E-state index contributed by atoms with van der Waals surface area (Å²) in [6.07, 6.45) is 1.71. The number of hydrogen-bond acceptors (Lipinski definition) is 3. The maximum atomic E-state index is 10.9. The van der Waals surface area contributed by atoms with Gasteiger partial charge in [-0.2, -0.15) is 5.26 Å². The van der Waals surface area contributed by atoms with Crippen molar-refractivity contribution < 1.29 is 14.6 Å². The average molecular weight is 424 g/mol. The highest BCUT2D eigenvalue weighted by Gasteiger charge is 2.11. The number of rotatable bonds is 6. The Bertz CT molecular complexity index is 1080. The Kier molecular flexibility index (Phi) is 6.56. The van der Waals surface area contributed by atoms with Crippen LogP contribution >= 0.6 is 23.2 Å². The van der Waals surface area contributed by atoms with Crippen LogP contribution in [0.1, 0.15) is 27.0 Å². The minimum atomic E-state index is -0.987. The van der Waals surface area contributed by atoms with Crippen molar-refractivity contribution in [3.63, 3.8) is 0 Å². The van der Waals surface area contributed by atoms with Gasteiger partial charge in [-0.05, 0) is 47.0 Å². The lowest BCUT2D eigenvalue weighted by molar-refractivity contribution is 0.0697. The van der Waals surface area contributed by atoms with E-state index < -0.39 is 5.97 Å². The maximum Gasteiger partial charge on any atom is 0.335 e. The summed E-state index contributed by atoms with van der Waals surface area (Å²) >= 11 is 12.7. The largest absolute Gasteiger partial charge is 0.486 e. The molecular formula is C23H15Cl2NO3. The number of ether oxygens (including phenoxy) is 1. The molecule has 0 amide bonds. The number of carboxylic acid groups (broad SMARTS) is 1. The van der Waals surface area contributed by atoms with Crippen LogP contribution in [-0.4, -0.2) is 11.1 Å². The normalized spacial score (nSPS) is 11.0. The minimum Gasteiger partial charge on any atom is -0.486 e. The first-order valence-electron chi connectivity index (χ1n) is 8.59. The molecule has 0 aliphatic heterocycles. The summed E-state index contributed by atoms with van der Waals surface area (Å²) in [5.74, 6) is -0.662. The Morgan fingerprint density at radius 1 is 1.00 bits per heavy atom. The molecule has 3 aromatic rings. The summed E-state index contributed by atoms with van der Waals surface area (Å²) in [5.41, 5.74) is 2.95. The van der Waals surface area contributed by atoms with Crippen molar-refractivity contribution in [1.29, 1.82) is 5.26 Å². The van der Waals surface area contributed by atoms with Gasteiger partial charge < -0.3 is 9.84 Å². The first kappa shape index (κ1) is 20.5. The number of aromatic carboxylic acids is 1. The molecule has 0 spiro atoms. The highest BCUT2D eigenvalue weighted by molar-refractivity contribution is 6.37. The molecule has 1 N–H and O–H groups in total. The van der Waals surface area contributed by atoms with Gasteiger partial charge in [0.25, 0.3) is 0 Å². The highest BCUT2D eigenvalue weighted by Crippen LogP contribution is 2.36. The van der Waals surface area contributed by atoms with Crippen LogP contribution < -0.4 is 4.74 Å². The fraction of sp³-hybridized carbons (Fsp3) is 0.0435. The van der Waals surface area contributed by atoms with E-state index in [2.05, 4.69) is 6.07 Å². The van der Waals surface area contributed by atoms with Crippen LogP contribution in [0.4, 0.5) is 0 Å². The van der Waals surface area contributed by atoms with Gasteiger partial charge in [0.15, 0.2) is 5.75 Å². The Morgan fingerprint density at radius 3 is 2.17 bits per heavy atom. The average Bonchev–Trinajstić information content (AvgIpc) is 2.72. The zero-order chi connectivity index (χ0) is 20.8. The smallest absolute Gasteiger partial charge is 0.335 e. The van der Waals surface area contributed by atoms with Gasteiger partial charge in [-0.25, -0.2) is 4.79 Å². The lowest BCUT2D eigenvalue weighted by atomic mass is 10.0. The van der Waals surface area contributed by atoms with E-state index in [1.165, 1.54) is 12.1 Å². The van der Waals surface area contributed by atoms with Crippen molar-refractivity contribution in [3.8, 4) is 11.8 Å². The van der Waals surface area contributed by atoms with Crippen molar-refractivity contribution >= 4 is 40.8 Å². The fourth-order valence-corrected chi connectivity index (χ4v) is 3.28. The SMILES string of the molecule is N#C/C(=C\c1cc(Cl)c(OCc2ccc(C(=O)O)cc2)c(Cl)c1)c1ccccc1. The third-order valence-electron chi connectivity index (χ3n) is 4.12. The summed E-state index contributed by atoms with van der Waals surface area (Å²) in [7, 11) is 0. The molecular weight excluding hydrogens is 409 g/mol. The Balaban J connectivity index is 1.79. The van der Waals surface area contributed by atoms with Crippen molar-refractivity contribution in [2.24, 2.45) is 0 Å². The molecule has 144 valence electrons. The third-order valence-corrected chi connectivity index (χ3v) is 4.68. The van der Waals surface area contributed by atoms with E-state index in [4.69, 9.17) is 33.0 Å². The molecule has 0 saturated carbocycles. The summed E-state index contributed by atoms with van der Waals surface area (Å²) in [4.78, 5) is 10.9. The zero-order valence-electron chi connectivity index (χ0n) is 15.1. The molecule has 3 aromatic carbocycles. The van der Waals surface area contributed by atoms with Crippen molar-refractivity contribution in [2.75, 3.05) is 0 Å². The van der Waals surface area contributed by atoms with Gasteiger partial charge in [-0.15, -0.1) is 0 Å².